The Morgan fingerprint density at radius 1 is 1.32 bits per heavy atom. The van der Waals surface area contributed by atoms with E-state index in [0.717, 1.165) is 22.2 Å². The second-order valence-electron chi connectivity index (χ2n) is 5.34. The van der Waals surface area contributed by atoms with E-state index in [-0.39, 0.29) is 5.41 Å². The summed E-state index contributed by atoms with van der Waals surface area (Å²) >= 11 is 7.79. The molecule has 0 saturated heterocycles. The highest BCUT2D eigenvalue weighted by Crippen LogP contribution is 2.26. The van der Waals surface area contributed by atoms with Crippen LogP contribution >= 0.6 is 22.9 Å². The minimum absolute atomic E-state index is 0.130. The van der Waals surface area contributed by atoms with Gasteiger partial charge in [-0.1, -0.05) is 32.4 Å². The van der Waals surface area contributed by atoms with Crippen LogP contribution in [0, 0.1) is 6.92 Å². The molecule has 0 saturated carbocycles. The third-order valence-corrected chi connectivity index (χ3v) is 3.80. The molecule has 0 spiro atoms. The number of thiazole rings is 1. The fourth-order valence-corrected chi connectivity index (χ4v) is 2.22. The first-order chi connectivity index (χ1) is 8.88. The summed E-state index contributed by atoms with van der Waals surface area (Å²) in [5, 5.41) is 6.76. The first-order valence-corrected chi connectivity index (χ1v) is 7.30. The van der Waals surface area contributed by atoms with Gasteiger partial charge in [0.25, 0.3) is 0 Å². The Balaban J connectivity index is 2.26. The lowest BCUT2D eigenvalue weighted by molar-refractivity contribution is 0.545. The Bertz CT molecular complexity index is 561. The minimum Gasteiger partial charge on any atom is -0.363 e. The standard InChI is InChI=1S/C13H17ClN4S/c1-8-10(14)17-12(13(2,3)4)18-11(8)16-7-9-15-5-6-19-9/h5-6H,7H2,1-4H3,(H,16,17,18). The molecule has 0 unspecified atom stereocenters. The van der Waals surface area contributed by atoms with E-state index in [0.29, 0.717) is 11.7 Å². The molecule has 2 aromatic rings. The second-order valence-corrected chi connectivity index (χ2v) is 6.68. The molecule has 0 fully saturated rings. The van der Waals surface area contributed by atoms with E-state index in [1.54, 1.807) is 17.5 Å². The van der Waals surface area contributed by atoms with Crippen molar-refractivity contribution in [2.24, 2.45) is 0 Å². The molecule has 0 aliphatic carbocycles. The quantitative estimate of drug-likeness (QED) is 0.875. The number of hydrogen-bond donors (Lipinski definition) is 1. The van der Waals surface area contributed by atoms with E-state index < -0.39 is 0 Å². The number of aromatic nitrogens is 3. The summed E-state index contributed by atoms with van der Waals surface area (Å²) in [7, 11) is 0. The zero-order valence-electron chi connectivity index (χ0n) is 11.5. The summed E-state index contributed by atoms with van der Waals surface area (Å²) < 4.78 is 0. The number of nitrogens with one attached hydrogen (secondary N) is 1. The molecule has 0 radical (unpaired) electrons. The molecule has 0 aromatic carbocycles. The Morgan fingerprint density at radius 2 is 2.05 bits per heavy atom. The van der Waals surface area contributed by atoms with Gasteiger partial charge >= 0.3 is 0 Å². The van der Waals surface area contributed by atoms with Crippen molar-refractivity contribution in [2.45, 2.75) is 39.7 Å². The average molecular weight is 297 g/mol. The topological polar surface area (TPSA) is 50.7 Å². The van der Waals surface area contributed by atoms with Crippen LogP contribution in [0.3, 0.4) is 0 Å². The minimum atomic E-state index is -0.130. The zero-order valence-corrected chi connectivity index (χ0v) is 13.1. The van der Waals surface area contributed by atoms with Crippen LogP contribution in [-0.4, -0.2) is 15.0 Å². The number of hydrogen-bond acceptors (Lipinski definition) is 5. The van der Waals surface area contributed by atoms with Crippen molar-refractivity contribution in [3.05, 3.63) is 33.1 Å². The highest BCUT2D eigenvalue weighted by molar-refractivity contribution is 7.09. The largest absolute Gasteiger partial charge is 0.363 e. The van der Waals surface area contributed by atoms with Gasteiger partial charge < -0.3 is 5.32 Å². The Hall–Kier alpha value is -1.20. The molecule has 2 aromatic heterocycles. The third kappa shape index (κ3) is 3.42. The van der Waals surface area contributed by atoms with Crippen LogP contribution in [0.2, 0.25) is 5.15 Å². The fourth-order valence-electron chi connectivity index (χ4n) is 1.50. The van der Waals surface area contributed by atoms with Gasteiger partial charge in [0, 0.05) is 22.6 Å². The van der Waals surface area contributed by atoms with Gasteiger partial charge in [0.1, 0.15) is 21.8 Å². The lowest BCUT2D eigenvalue weighted by Gasteiger charge is -2.19. The van der Waals surface area contributed by atoms with Crippen LogP contribution in [0.25, 0.3) is 0 Å². The van der Waals surface area contributed by atoms with Crippen molar-refractivity contribution < 1.29 is 0 Å². The lowest BCUT2D eigenvalue weighted by Crippen LogP contribution is -2.18. The van der Waals surface area contributed by atoms with E-state index >= 15 is 0 Å². The highest BCUT2D eigenvalue weighted by Gasteiger charge is 2.20. The SMILES string of the molecule is Cc1c(Cl)nc(C(C)(C)C)nc1NCc1nccs1. The number of halogens is 1. The van der Waals surface area contributed by atoms with Gasteiger partial charge in [0.05, 0.1) is 6.54 Å². The van der Waals surface area contributed by atoms with Crippen molar-refractivity contribution in [1.29, 1.82) is 0 Å². The molecule has 6 heteroatoms. The Morgan fingerprint density at radius 3 is 2.63 bits per heavy atom. The van der Waals surface area contributed by atoms with Crippen LogP contribution in [0.4, 0.5) is 5.82 Å². The van der Waals surface area contributed by atoms with Gasteiger partial charge in [0.2, 0.25) is 0 Å². The number of rotatable bonds is 3. The smallest absolute Gasteiger partial charge is 0.137 e. The molecular formula is C13H17ClN4S. The fraction of sp³-hybridized carbons (Fsp3) is 0.462. The van der Waals surface area contributed by atoms with Gasteiger partial charge in [0.15, 0.2) is 0 Å². The first kappa shape index (κ1) is 14.2. The predicted molar refractivity (Wildman–Crippen MR) is 79.9 cm³/mol. The monoisotopic (exact) mass is 296 g/mol. The summed E-state index contributed by atoms with van der Waals surface area (Å²) in [6.07, 6.45) is 1.79. The van der Waals surface area contributed by atoms with Crippen LogP contribution in [0.1, 0.15) is 37.2 Å². The lowest BCUT2D eigenvalue weighted by atomic mass is 9.95. The van der Waals surface area contributed by atoms with Crippen molar-refractivity contribution >= 4 is 28.8 Å². The molecule has 102 valence electrons. The van der Waals surface area contributed by atoms with E-state index in [2.05, 4.69) is 41.0 Å². The molecule has 2 heterocycles. The summed E-state index contributed by atoms with van der Waals surface area (Å²) in [5.41, 5.74) is 0.737. The Kier molecular flexibility index (Phi) is 4.06. The van der Waals surface area contributed by atoms with E-state index in [1.165, 1.54) is 0 Å². The molecule has 0 aliphatic rings. The first-order valence-electron chi connectivity index (χ1n) is 6.05. The molecule has 0 atom stereocenters. The summed E-state index contributed by atoms with van der Waals surface area (Å²) in [6, 6.07) is 0. The van der Waals surface area contributed by atoms with Crippen LogP contribution < -0.4 is 5.32 Å². The Labute approximate surface area is 122 Å². The highest BCUT2D eigenvalue weighted by atomic mass is 35.5. The van der Waals surface area contributed by atoms with Crippen molar-refractivity contribution in [3.8, 4) is 0 Å². The zero-order chi connectivity index (χ0) is 14.0. The van der Waals surface area contributed by atoms with Crippen molar-refractivity contribution in [2.75, 3.05) is 5.32 Å². The molecule has 0 amide bonds. The van der Waals surface area contributed by atoms with Gasteiger partial charge in [-0.15, -0.1) is 11.3 Å². The molecule has 0 bridgehead atoms. The predicted octanol–water partition coefficient (Wildman–Crippen LogP) is 3.80. The van der Waals surface area contributed by atoms with Gasteiger partial charge in [-0.05, 0) is 6.92 Å². The number of nitrogens with zero attached hydrogens (tertiary/aromatic N) is 3. The van der Waals surface area contributed by atoms with E-state index in [1.807, 2.05) is 12.3 Å². The second kappa shape index (κ2) is 5.43. The van der Waals surface area contributed by atoms with Crippen molar-refractivity contribution in [3.63, 3.8) is 0 Å². The average Bonchev–Trinajstić information content (AvgIpc) is 2.82. The molecule has 4 nitrogen and oxygen atoms in total. The van der Waals surface area contributed by atoms with Gasteiger partial charge in [-0.3, -0.25) is 0 Å². The van der Waals surface area contributed by atoms with Gasteiger partial charge in [-0.2, -0.15) is 0 Å². The van der Waals surface area contributed by atoms with E-state index in [9.17, 15) is 0 Å². The molecule has 19 heavy (non-hydrogen) atoms. The van der Waals surface area contributed by atoms with Crippen molar-refractivity contribution in [1.82, 2.24) is 15.0 Å². The van der Waals surface area contributed by atoms with E-state index in [4.69, 9.17) is 11.6 Å². The molecular weight excluding hydrogens is 280 g/mol. The maximum Gasteiger partial charge on any atom is 0.137 e. The summed E-state index contributed by atoms with van der Waals surface area (Å²) in [5.74, 6) is 1.52. The number of anilines is 1. The molecule has 0 aliphatic heterocycles. The van der Waals surface area contributed by atoms with Crippen LogP contribution in [0.5, 0.6) is 0 Å². The third-order valence-electron chi connectivity index (χ3n) is 2.65. The van der Waals surface area contributed by atoms with Crippen LogP contribution in [0.15, 0.2) is 11.6 Å². The maximum absolute atomic E-state index is 6.18. The molecule has 2 rings (SSSR count). The summed E-state index contributed by atoms with van der Waals surface area (Å²) in [6.45, 7) is 8.77. The normalized spacial score (nSPS) is 11.6. The maximum atomic E-state index is 6.18. The summed E-state index contributed by atoms with van der Waals surface area (Å²) in [4.78, 5) is 13.2. The van der Waals surface area contributed by atoms with Crippen LogP contribution in [-0.2, 0) is 12.0 Å². The van der Waals surface area contributed by atoms with Gasteiger partial charge in [-0.25, -0.2) is 15.0 Å². The molecule has 1 N–H and O–H groups in total.